The molecule has 0 saturated heterocycles. The molecule has 0 aromatic heterocycles. The summed E-state index contributed by atoms with van der Waals surface area (Å²) in [5.74, 6) is 0. The third-order valence-corrected chi connectivity index (χ3v) is 3.57. The molecule has 1 rings (SSSR count). The second kappa shape index (κ2) is 6.05. The van der Waals surface area contributed by atoms with Crippen molar-refractivity contribution in [3.8, 4) is 0 Å². The molecule has 0 heterocycles. The van der Waals surface area contributed by atoms with Gasteiger partial charge in [-0.05, 0) is 51.3 Å². The summed E-state index contributed by atoms with van der Waals surface area (Å²) < 4.78 is 5.37. The van der Waals surface area contributed by atoms with Crippen LogP contribution in [0, 0.1) is 0 Å². The molecular weight excluding hydrogens is 248 g/mol. The van der Waals surface area contributed by atoms with Crippen molar-refractivity contribution in [2.75, 3.05) is 7.11 Å². The van der Waals surface area contributed by atoms with Gasteiger partial charge in [0.25, 0.3) is 0 Å². The monoisotopic (exact) mass is 270 g/mol. The van der Waals surface area contributed by atoms with Gasteiger partial charge in [-0.15, -0.1) is 0 Å². The lowest BCUT2D eigenvalue weighted by Gasteiger charge is -2.29. The quantitative estimate of drug-likeness (QED) is 0.851. The Hall–Kier alpha value is -0.570. The van der Waals surface area contributed by atoms with E-state index in [1.807, 2.05) is 45.0 Å². The molecular formula is C15H23ClO2. The molecule has 0 aliphatic heterocycles. The molecule has 1 atom stereocenters. The third-order valence-electron chi connectivity index (χ3n) is 3.32. The second-order valence-electron chi connectivity index (χ2n) is 5.76. The lowest BCUT2D eigenvalue weighted by molar-refractivity contribution is -0.0189. The molecule has 1 N–H and O–H groups in total. The maximum atomic E-state index is 10.4. The van der Waals surface area contributed by atoms with Crippen LogP contribution in [0.15, 0.2) is 24.3 Å². The van der Waals surface area contributed by atoms with E-state index in [1.165, 1.54) is 0 Å². The van der Waals surface area contributed by atoms with Gasteiger partial charge < -0.3 is 9.84 Å². The fourth-order valence-electron chi connectivity index (χ4n) is 1.80. The number of hydrogen-bond donors (Lipinski definition) is 1. The summed E-state index contributed by atoms with van der Waals surface area (Å²) in [6.45, 7) is 5.93. The van der Waals surface area contributed by atoms with E-state index in [4.69, 9.17) is 16.3 Å². The van der Waals surface area contributed by atoms with E-state index in [2.05, 4.69) is 0 Å². The number of rotatable bonds is 6. The Balaban J connectivity index is 2.56. The van der Waals surface area contributed by atoms with E-state index < -0.39 is 5.60 Å². The Morgan fingerprint density at radius 3 is 2.17 bits per heavy atom. The fraction of sp³-hybridized carbons (Fsp3) is 0.600. The zero-order chi connectivity index (χ0) is 13.8. The van der Waals surface area contributed by atoms with E-state index in [0.29, 0.717) is 12.8 Å². The van der Waals surface area contributed by atoms with Gasteiger partial charge in [-0.2, -0.15) is 0 Å². The number of ether oxygens (including phenoxy) is 1. The molecule has 0 radical (unpaired) electrons. The first-order chi connectivity index (χ1) is 8.24. The molecule has 3 heteroatoms. The topological polar surface area (TPSA) is 29.5 Å². The molecule has 0 bridgehead atoms. The highest BCUT2D eigenvalue weighted by atomic mass is 35.5. The standard InChI is InChI=1S/C15H23ClO2/c1-14(2,18-4)9-10-15(3,17)11-12-5-7-13(16)8-6-12/h5-8,17H,9-11H2,1-4H3. The first-order valence-electron chi connectivity index (χ1n) is 6.26. The number of methoxy groups -OCH3 is 1. The van der Waals surface area contributed by atoms with Crippen LogP contribution >= 0.6 is 11.6 Å². The molecule has 0 amide bonds. The minimum Gasteiger partial charge on any atom is -0.390 e. The van der Waals surface area contributed by atoms with Crippen molar-refractivity contribution in [1.82, 2.24) is 0 Å². The Morgan fingerprint density at radius 2 is 1.67 bits per heavy atom. The van der Waals surface area contributed by atoms with Gasteiger partial charge in [-0.1, -0.05) is 23.7 Å². The van der Waals surface area contributed by atoms with Crippen LogP contribution in [0.2, 0.25) is 5.02 Å². The number of benzene rings is 1. The second-order valence-corrected chi connectivity index (χ2v) is 6.20. The van der Waals surface area contributed by atoms with Crippen LogP contribution in [0.3, 0.4) is 0 Å². The summed E-state index contributed by atoms with van der Waals surface area (Å²) in [4.78, 5) is 0. The Bertz CT molecular complexity index is 369. The summed E-state index contributed by atoms with van der Waals surface area (Å²) in [6.07, 6.45) is 2.16. The van der Waals surface area contributed by atoms with Crippen molar-refractivity contribution in [3.63, 3.8) is 0 Å². The predicted octanol–water partition coefficient (Wildman–Crippen LogP) is 3.84. The first-order valence-corrected chi connectivity index (χ1v) is 6.64. The van der Waals surface area contributed by atoms with E-state index in [0.717, 1.165) is 17.0 Å². The zero-order valence-corrected chi connectivity index (χ0v) is 12.4. The Labute approximate surface area is 115 Å². The highest BCUT2D eigenvalue weighted by Crippen LogP contribution is 2.25. The van der Waals surface area contributed by atoms with E-state index in [9.17, 15) is 5.11 Å². The van der Waals surface area contributed by atoms with E-state index in [1.54, 1.807) is 7.11 Å². The fourth-order valence-corrected chi connectivity index (χ4v) is 1.93. The van der Waals surface area contributed by atoms with E-state index >= 15 is 0 Å². The molecule has 0 fully saturated rings. The SMILES string of the molecule is COC(C)(C)CCC(C)(O)Cc1ccc(Cl)cc1. The zero-order valence-electron chi connectivity index (χ0n) is 11.7. The van der Waals surface area contributed by atoms with Crippen LogP contribution in [-0.4, -0.2) is 23.4 Å². The summed E-state index contributed by atoms with van der Waals surface area (Å²) in [5, 5.41) is 11.1. The smallest absolute Gasteiger partial charge is 0.0661 e. The molecule has 0 saturated carbocycles. The number of hydrogen-bond acceptors (Lipinski definition) is 2. The lowest BCUT2D eigenvalue weighted by Crippen LogP contribution is -2.32. The van der Waals surface area contributed by atoms with Crippen LogP contribution in [0.5, 0.6) is 0 Å². The van der Waals surface area contributed by atoms with Crippen molar-refractivity contribution in [2.24, 2.45) is 0 Å². The molecule has 1 aromatic carbocycles. The van der Waals surface area contributed by atoms with Crippen LogP contribution < -0.4 is 0 Å². The van der Waals surface area contributed by atoms with Gasteiger partial charge in [0.1, 0.15) is 0 Å². The molecule has 18 heavy (non-hydrogen) atoms. The van der Waals surface area contributed by atoms with Crippen molar-refractivity contribution in [1.29, 1.82) is 0 Å². The Kier molecular flexibility index (Phi) is 5.20. The van der Waals surface area contributed by atoms with Gasteiger partial charge in [0.15, 0.2) is 0 Å². The van der Waals surface area contributed by atoms with Crippen LogP contribution in [0.25, 0.3) is 0 Å². The summed E-state index contributed by atoms with van der Waals surface area (Å²) in [7, 11) is 1.70. The van der Waals surface area contributed by atoms with Crippen LogP contribution in [0.4, 0.5) is 0 Å². The molecule has 0 spiro atoms. The number of halogens is 1. The van der Waals surface area contributed by atoms with Gasteiger partial charge >= 0.3 is 0 Å². The maximum absolute atomic E-state index is 10.4. The summed E-state index contributed by atoms with van der Waals surface area (Å²) >= 11 is 5.84. The first kappa shape index (κ1) is 15.5. The third kappa shape index (κ3) is 5.38. The van der Waals surface area contributed by atoms with Gasteiger partial charge in [-0.3, -0.25) is 0 Å². The Morgan fingerprint density at radius 1 is 1.11 bits per heavy atom. The average molecular weight is 271 g/mol. The summed E-state index contributed by atoms with van der Waals surface area (Å²) in [5.41, 5.74) is 0.188. The number of aliphatic hydroxyl groups is 1. The minimum absolute atomic E-state index is 0.190. The predicted molar refractivity (Wildman–Crippen MR) is 76.1 cm³/mol. The highest BCUT2D eigenvalue weighted by Gasteiger charge is 2.25. The minimum atomic E-state index is -0.719. The van der Waals surface area contributed by atoms with Crippen molar-refractivity contribution >= 4 is 11.6 Å². The molecule has 0 aliphatic rings. The highest BCUT2D eigenvalue weighted by molar-refractivity contribution is 6.30. The van der Waals surface area contributed by atoms with Crippen LogP contribution in [-0.2, 0) is 11.2 Å². The average Bonchev–Trinajstić information content (AvgIpc) is 2.30. The molecule has 102 valence electrons. The van der Waals surface area contributed by atoms with Crippen LogP contribution in [0.1, 0.15) is 39.2 Å². The molecule has 0 aliphatic carbocycles. The van der Waals surface area contributed by atoms with Gasteiger partial charge in [0.05, 0.1) is 11.2 Å². The van der Waals surface area contributed by atoms with Crippen molar-refractivity contribution < 1.29 is 9.84 Å². The van der Waals surface area contributed by atoms with Gasteiger partial charge in [-0.25, -0.2) is 0 Å². The van der Waals surface area contributed by atoms with Gasteiger partial charge in [0, 0.05) is 18.6 Å². The largest absolute Gasteiger partial charge is 0.390 e. The molecule has 1 aromatic rings. The molecule has 2 nitrogen and oxygen atoms in total. The normalized spacial score (nSPS) is 15.4. The molecule has 1 unspecified atom stereocenters. The lowest BCUT2D eigenvalue weighted by atomic mass is 9.88. The van der Waals surface area contributed by atoms with Gasteiger partial charge in [0.2, 0.25) is 0 Å². The summed E-state index contributed by atoms with van der Waals surface area (Å²) in [6, 6.07) is 7.62. The van der Waals surface area contributed by atoms with E-state index in [-0.39, 0.29) is 5.60 Å². The maximum Gasteiger partial charge on any atom is 0.0661 e. The van der Waals surface area contributed by atoms with Crippen molar-refractivity contribution in [3.05, 3.63) is 34.9 Å². The van der Waals surface area contributed by atoms with Crippen molar-refractivity contribution in [2.45, 2.75) is 51.2 Å².